The van der Waals surface area contributed by atoms with Gasteiger partial charge in [0.2, 0.25) is 15.9 Å². The van der Waals surface area contributed by atoms with Crippen LogP contribution in [0.2, 0.25) is 5.02 Å². The molecule has 0 saturated carbocycles. The van der Waals surface area contributed by atoms with Crippen LogP contribution in [0.15, 0.2) is 23.1 Å². The Labute approximate surface area is 178 Å². The summed E-state index contributed by atoms with van der Waals surface area (Å²) < 4.78 is 33.5. The van der Waals surface area contributed by atoms with E-state index in [0.29, 0.717) is 31.0 Å². The Kier molecular flexibility index (Phi) is 7.42. The molecule has 2 fully saturated rings. The van der Waals surface area contributed by atoms with Gasteiger partial charge in [0.1, 0.15) is 10.6 Å². The van der Waals surface area contributed by atoms with E-state index in [2.05, 4.69) is 17.3 Å². The standard InChI is InChI=1S/C20H30ClN3O4S/c1-3-28-18-7-6-16(21)13-19(18)29(26,27)24-10-4-5-15(14-24)20(25)22-17-8-11-23(2)12-9-17/h6-7,13,15,17H,3-5,8-12,14H2,1-2H3,(H,22,25). The number of hydrogen-bond acceptors (Lipinski definition) is 5. The van der Waals surface area contributed by atoms with Crippen LogP contribution >= 0.6 is 11.6 Å². The van der Waals surface area contributed by atoms with E-state index < -0.39 is 10.0 Å². The highest BCUT2D eigenvalue weighted by atomic mass is 35.5. The smallest absolute Gasteiger partial charge is 0.246 e. The van der Waals surface area contributed by atoms with Gasteiger partial charge in [-0.1, -0.05) is 11.6 Å². The maximum atomic E-state index is 13.3. The predicted octanol–water partition coefficient (Wildman–Crippen LogP) is 2.35. The molecule has 162 valence electrons. The quantitative estimate of drug-likeness (QED) is 0.730. The Morgan fingerprint density at radius 2 is 1.97 bits per heavy atom. The van der Waals surface area contributed by atoms with Crippen molar-refractivity contribution in [3.05, 3.63) is 23.2 Å². The van der Waals surface area contributed by atoms with Crippen LogP contribution in [0, 0.1) is 5.92 Å². The predicted molar refractivity (Wildman–Crippen MR) is 113 cm³/mol. The van der Waals surface area contributed by atoms with Crippen molar-refractivity contribution in [2.75, 3.05) is 39.8 Å². The zero-order valence-electron chi connectivity index (χ0n) is 17.1. The molecule has 1 N–H and O–H groups in total. The van der Waals surface area contributed by atoms with Crippen LogP contribution in [0.4, 0.5) is 0 Å². The molecule has 2 heterocycles. The van der Waals surface area contributed by atoms with Crippen molar-refractivity contribution in [2.24, 2.45) is 5.92 Å². The molecular weight excluding hydrogens is 414 g/mol. The van der Waals surface area contributed by atoms with Crippen LogP contribution in [-0.4, -0.2) is 69.4 Å². The molecule has 1 unspecified atom stereocenters. The highest BCUT2D eigenvalue weighted by Crippen LogP contribution is 2.32. The van der Waals surface area contributed by atoms with Crippen molar-refractivity contribution in [3.63, 3.8) is 0 Å². The molecule has 9 heteroatoms. The van der Waals surface area contributed by atoms with Gasteiger partial charge in [-0.3, -0.25) is 4.79 Å². The van der Waals surface area contributed by atoms with Gasteiger partial charge >= 0.3 is 0 Å². The van der Waals surface area contributed by atoms with Gasteiger partial charge in [0.15, 0.2) is 0 Å². The van der Waals surface area contributed by atoms with E-state index in [0.717, 1.165) is 25.9 Å². The molecule has 2 saturated heterocycles. The third-order valence-electron chi connectivity index (χ3n) is 5.64. The molecule has 1 aromatic carbocycles. The fourth-order valence-electron chi connectivity index (χ4n) is 3.94. The summed E-state index contributed by atoms with van der Waals surface area (Å²) in [6, 6.07) is 4.78. The lowest BCUT2D eigenvalue weighted by Gasteiger charge is -2.34. The summed E-state index contributed by atoms with van der Waals surface area (Å²) in [5, 5.41) is 3.46. The Morgan fingerprint density at radius 1 is 1.24 bits per heavy atom. The summed E-state index contributed by atoms with van der Waals surface area (Å²) in [4.78, 5) is 15.1. The van der Waals surface area contributed by atoms with Gasteiger partial charge in [-0.2, -0.15) is 4.31 Å². The Hall–Kier alpha value is -1.35. The molecule has 1 atom stereocenters. The molecule has 0 aliphatic carbocycles. The first-order valence-electron chi connectivity index (χ1n) is 10.2. The van der Waals surface area contributed by atoms with Crippen molar-refractivity contribution < 1.29 is 17.9 Å². The van der Waals surface area contributed by atoms with Crippen LogP contribution in [0.1, 0.15) is 32.6 Å². The summed E-state index contributed by atoms with van der Waals surface area (Å²) >= 11 is 6.05. The number of sulfonamides is 1. The lowest BCUT2D eigenvalue weighted by atomic mass is 9.97. The number of benzene rings is 1. The van der Waals surface area contributed by atoms with Crippen molar-refractivity contribution in [1.82, 2.24) is 14.5 Å². The molecule has 0 aromatic heterocycles. The average molecular weight is 444 g/mol. The van der Waals surface area contributed by atoms with Gasteiger partial charge in [-0.15, -0.1) is 0 Å². The van der Waals surface area contributed by atoms with Crippen molar-refractivity contribution >= 4 is 27.5 Å². The molecule has 0 radical (unpaired) electrons. The van der Waals surface area contributed by atoms with E-state index in [4.69, 9.17) is 16.3 Å². The minimum atomic E-state index is -3.81. The van der Waals surface area contributed by atoms with Crippen LogP contribution < -0.4 is 10.1 Å². The molecule has 2 aliphatic rings. The highest BCUT2D eigenvalue weighted by molar-refractivity contribution is 7.89. The Balaban J connectivity index is 1.71. The zero-order chi connectivity index (χ0) is 21.0. The van der Waals surface area contributed by atoms with E-state index in [1.807, 2.05) is 0 Å². The lowest BCUT2D eigenvalue weighted by molar-refractivity contribution is -0.127. The van der Waals surface area contributed by atoms with E-state index >= 15 is 0 Å². The molecule has 7 nitrogen and oxygen atoms in total. The summed E-state index contributed by atoms with van der Waals surface area (Å²) in [5.41, 5.74) is 0. The zero-order valence-corrected chi connectivity index (χ0v) is 18.6. The monoisotopic (exact) mass is 443 g/mol. The molecule has 0 bridgehead atoms. The maximum absolute atomic E-state index is 13.3. The van der Waals surface area contributed by atoms with Gasteiger partial charge in [0, 0.05) is 24.2 Å². The van der Waals surface area contributed by atoms with Gasteiger partial charge in [-0.05, 0) is 70.9 Å². The second kappa shape index (κ2) is 9.64. The number of carbonyl (C=O) groups excluding carboxylic acids is 1. The third kappa shape index (κ3) is 5.42. The second-order valence-electron chi connectivity index (χ2n) is 7.81. The number of ether oxygens (including phenoxy) is 1. The summed E-state index contributed by atoms with van der Waals surface area (Å²) in [6.45, 7) is 4.65. The topological polar surface area (TPSA) is 79.0 Å². The first kappa shape index (κ1) is 22.3. The Morgan fingerprint density at radius 3 is 2.66 bits per heavy atom. The first-order valence-corrected chi connectivity index (χ1v) is 12.0. The van der Waals surface area contributed by atoms with E-state index in [9.17, 15) is 13.2 Å². The third-order valence-corrected chi connectivity index (χ3v) is 7.76. The molecular formula is C20H30ClN3O4S. The van der Waals surface area contributed by atoms with E-state index in [1.54, 1.807) is 19.1 Å². The van der Waals surface area contributed by atoms with Gasteiger partial charge in [0.25, 0.3) is 0 Å². The summed E-state index contributed by atoms with van der Waals surface area (Å²) in [7, 11) is -1.73. The molecule has 3 rings (SSSR count). The number of hydrogen-bond donors (Lipinski definition) is 1. The molecule has 2 aliphatic heterocycles. The average Bonchev–Trinajstić information content (AvgIpc) is 2.71. The minimum absolute atomic E-state index is 0.0458. The summed E-state index contributed by atoms with van der Waals surface area (Å²) in [6.07, 6.45) is 3.20. The molecule has 0 spiro atoms. The number of carbonyl (C=O) groups is 1. The molecule has 1 amide bonds. The number of likely N-dealkylation sites (tertiary alicyclic amines) is 1. The summed E-state index contributed by atoms with van der Waals surface area (Å²) in [5.74, 6) is -0.0988. The van der Waals surface area contributed by atoms with Crippen LogP contribution in [-0.2, 0) is 14.8 Å². The lowest BCUT2D eigenvalue weighted by Crippen LogP contribution is -2.49. The number of nitrogens with zero attached hydrogens (tertiary/aromatic N) is 2. The van der Waals surface area contributed by atoms with Crippen LogP contribution in [0.5, 0.6) is 5.75 Å². The largest absolute Gasteiger partial charge is 0.492 e. The number of amides is 1. The van der Waals surface area contributed by atoms with Gasteiger partial charge in [0.05, 0.1) is 12.5 Å². The van der Waals surface area contributed by atoms with E-state index in [-0.39, 0.29) is 35.1 Å². The Bertz CT molecular complexity index is 825. The fraction of sp³-hybridized carbons (Fsp3) is 0.650. The van der Waals surface area contributed by atoms with Crippen LogP contribution in [0.25, 0.3) is 0 Å². The fourth-order valence-corrected chi connectivity index (χ4v) is 5.86. The molecule has 1 aromatic rings. The van der Waals surface area contributed by atoms with Gasteiger partial charge in [-0.25, -0.2) is 8.42 Å². The van der Waals surface area contributed by atoms with Crippen LogP contribution in [0.3, 0.4) is 0 Å². The number of piperidine rings is 2. The normalized spacial score (nSPS) is 22.4. The van der Waals surface area contributed by atoms with Crippen molar-refractivity contribution in [1.29, 1.82) is 0 Å². The SMILES string of the molecule is CCOc1ccc(Cl)cc1S(=O)(=O)N1CCCC(C(=O)NC2CCN(C)CC2)C1. The highest BCUT2D eigenvalue weighted by Gasteiger charge is 2.35. The minimum Gasteiger partial charge on any atom is -0.492 e. The first-order chi connectivity index (χ1) is 13.8. The molecule has 29 heavy (non-hydrogen) atoms. The second-order valence-corrected chi connectivity index (χ2v) is 10.2. The number of halogens is 1. The van der Waals surface area contributed by atoms with E-state index in [1.165, 1.54) is 10.4 Å². The number of nitrogens with one attached hydrogen (secondary N) is 1. The number of rotatable bonds is 6. The van der Waals surface area contributed by atoms with Crippen molar-refractivity contribution in [3.8, 4) is 5.75 Å². The maximum Gasteiger partial charge on any atom is 0.246 e. The van der Waals surface area contributed by atoms with Gasteiger partial charge < -0.3 is 15.0 Å². The van der Waals surface area contributed by atoms with Crippen molar-refractivity contribution in [2.45, 2.75) is 43.5 Å².